The van der Waals surface area contributed by atoms with E-state index in [9.17, 15) is 19.1 Å². The molecule has 0 spiro atoms. The van der Waals surface area contributed by atoms with Crippen LogP contribution in [0.1, 0.15) is 30.9 Å². The summed E-state index contributed by atoms with van der Waals surface area (Å²) in [5.41, 5.74) is 1.11. The maximum absolute atomic E-state index is 13.6. The highest BCUT2D eigenvalue weighted by Gasteiger charge is 2.32. The van der Waals surface area contributed by atoms with Crippen molar-refractivity contribution >= 4 is 22.8 Å². The van der Waals surface area contributed by atoms with Crippen LogP contribution in [0.5, 0.6) is 0 Å². The molecule has 6 nitrogen and oxygen atoms in total. The van der Waals surface area contributed by atoms with Gasteiger partial charge < -0.3 is 14.8 Å². The maximum Gasteiger partial charge on any atom is 0.325 e. The van der Waals surface area contributed by atoms with Gasteiger partial charge in [0.05, 0.1) is 11.9 Å². The Morgan fingerprint density at radius 1 is 1.21 bits per heavy atom. The zero-order valence-electron chi connectivity index (χ0n) is 13.1. The van der Waals surface area contributed by atoms with E-state index in [1.807, 2.05) is 4.90 Å². The number of halogens is 1. The molecule has 1 unspecified atom stereocenters. The number of aromatic nitrogens is 1. The van der Waals surface area contributed by atoms with Crippen LogP contribution in [0.2, 0.25) is 0 Å². The second-order valence-electron chi connectivity index (χ2n) is 6.07. The summed E-state index contributed by atoms with van der Waals surface area (Å²) in [4.78, 5) is 24.6. The highest BCUT2D eigenvalue weighted by atomic mass is 19.1. The van der Waals surface area contributed by atoms with Gasteiger partial charge in [0.15, 0.2) is 0 Å². The summed E-state index contributed by atoms with van der Waals surface area (Å²) in [6.45, 7) is 1.58. The number of hydrogen-bond acceptors (Lipinski definition) is 3. The Kier molecular flexibility index (Phi) is 4.53. The molecule has 24 heavy (non-hydrogen) atoms. The average molecular weight is 334 g/mol. The standard InChI is InChI=1S/C17H19FN2O4/c18-11-3-4-12-13(16(17(23)24)19-6-1-2-7-19)10-20(14(12)9-11)8-5-15(21)22/h3-4,9-10,16H,1-2,5-8H2,(H,21,22)(H,23,24). The topological polar surface area (TPSA) is 82.8 Å². The molecule has 0 radical (unpaired) electrons. The zero-order valence-corrected chi connectivity index (χ0v) is 13.1. The highest BCUT2D eigenvalue weighted by molar-refractivity contribution is 5.90. The van der Waals surface area contributed by atoms with E-state index in [2.05, 4.69) is 0 Å². The van der Waals surface area contributed by atoms with E-state index in [0.29, 0.717) is 29.6 Å². The van der Waals surface area contributed by atoms with Crippen LogP contribution in [0.25, 0.3) is 10.9 Å². The molecule has 1 aromatic carbocycles. The molecule has 1 aliphatic rings. The number of rotatable bonds is 6. The van der Waals surface area contributed by atoms with Crippen molar-refractivity contribution in [2.45, 2.75) is 31.8 Å². The predicted molar refractivity (Wildman–Crippen MR) is 85.3 cm³/mol. The molecule has 0 aliphatic carbocycles. The summed E-state index contributed by atoms with van der Waals surface area (Å²) in [5.74, 6) is -2.33. The molecule has 1 atom stereocenters. The summed E-state index contributed by atoms with van der Waals surface area (Å²) >= 11 is 0. The minimum absolute atomic E-state index is 0.110. The van der Waals surface area contributed by atoms with E-state index < -0.39 is 23.8 Å². The fourth-order valence-electron chi connectivity index (χ4n) is 3.40. The first-order valence-electron chi connectivity index (χ1n) is 7.94. The first-order chi connectivity index (χ1) is 11.5. The van der Waals surface area contributed by atoms with Gasteiger partial charge in [0.2, 0.25) is 0 Å². The minimum atomic E-state index is -0.955. The number of fused-ring (bicyclic) bond motifs is 1. The lowest BCUT2D eigenvalue weighted by atomic mass is 10.0. The second-order valence-corrected chi connectivity index (χ2v) is 6.07. The molecule has 7 heteroatoms. The van der Waals surface area contributed by atoms with Gasteiger partial charge in [-0.1, -0.05) is 0 Å². The molecule has 1 aromatic heterocycles. The van der Waals surface area contributed by atoms with Crippen LogP contribution in [0.15, 0.2) is 24.4 Å². The van der Waals surface area contributed by atoms with Crippen molar-refractivity contribution < 1.29 is 24.2 Å². The summed E-state index contributed by atoms with van der Waals surface area (Å²) < 4.78 is 15.3. The van der Waals surface area contributed by atoms with Gasteiger partial charge in [-0.2, -0.15) is 0 Å². The van der Waals surface area contributed by atoms with Crippen LogP contribution in [0, 0.1) is 5.82 Å². The Morgan fingerprint density at radius 3 is 2.54 bits per heavy atom. The lowest BCUT2D eigenvalue weighted by molar-refractivity contribution is -0.143. The number of nitrogens with zero attached hydrogens (tertiary/aromatic N) is 2. The summed E-state index contributed by atoms with van der Waals surface area (Å²) in [5, 5.41) is 19.3. The molecule has 0 amide bonds. The normalized spacial score (nSPS) is 16.5. The van der Waals surface area contributed by atoms with Gasteiger partial charge in [-0.15, -0.1) is 0 Å². The largest absolute Gasteiger partial charge is 0.481 e. The van der Waals surface area contributed by atoms with Crippen LogP contribution in [0.3, 0.4) is 0 Å². The van der Waals surface area contributed by atoms with Crippen molar-refractivity contribution in [2.24, 2.45) is 0 Å². The number of likely N-dealkylation sites (tertiary alicyclic amines) is 1. The first-order valence-corrected chi connectivity index (χ1v) is 7.94. The molecule has 1 saturated heterocycles. The third kappa shape index (κ3) is 3.12. The molecule has 2 heterocycles. The van der Waals surface area contributed by atoms with Gasteiger partial charge in [0.25, 0.3) is 0 Å². The maximum atomic E-state index is 13.6. The van der Waals surface area contributed by atoms with Crippen LogP contribution in [0.4, 0.5) is 4.39 Å². The number of aryl methyl sites for hydroxylation is 1. The van der Waals surface area contributed by atoms with Crippen LogP contribution < -0.4 is 0 Å². The number of carboxylic acids is 2. The molecular formula is C17H19FN2O4. The number of aliphatic carboxylic acids is 2. The van der Waals surface area contributed by atoms with Crippen molar-refractivity contribution in [3.05, 3.63) is 35.8 Å². The lowest BCUT2D eigenvalue weighted by Crippen LogP contribution is -2.31. The molecule has 3 rings (SSSR count). The Hall–Kier alpha value is -2.41. The monoisotopic (exact) mass is 334 g/mol. The Balaban J connectivity index is 2.08. The number of carbonyl (C=O) groups is 2. The Morgan fingerprint density at radius 2 is 1.92 bits per heavy atom. The van der Waals surface area contributed by atoms with Gasteiger partial charge in [0.1, 0.15) is 11.9 Å². The van der Waals surface area contributed by atoms with E-state index in [1.165, 1.54) is 12.1 Å². The molecule has 2 aromatic rings. The van der Waals surface area contributed by atoms with Crippen molar-refractivity contribution in [2.75, 3.05) is 13.1 Å². The van der Waals surface area contributed by atoms with Crippen LogP contribution in [-0.2, 0) is 16.1 Å². The molecule has 128 valence electrons. The number of carboxylic acid groups (broad SMARTS) is 2. The van der Waals surface area contributed by atoms with E-state index in [0.717, 1.165) is 12.8 Å². The van der Waals surface area contributed by atoms with Crippen molar-refractivity contribution in [3.8, 4) is 0 Å². The van der Waals surface area contributed by atoms with Gasteiger partial charge in [-0.3, -0.25) is 14.5 Å². The summed E-state index contributed by atoms with van der Waals surface area (Å²) in [6.07, 6.45) is 3.46. The van der Waals surface area contributed by atoms with E-state index in [1.54, 1.807) is 16.8 Å². The highest BCUT2D eigenvalue weighted by Crippen LogP contribution is 2.33. The Labute approximate surface area is 138 Å². The zero-order chi connectivity index (χ0) is 17.3. The van der Waals surface area contributed by atoms with Crippen LogP contribution in [-0.4, -0.2) is 44.7 Å². The van der Waals surface area contributed by atoms with Crippen molar-refractivity contribution in [3.63, 3.8) is 0 Å². The predicted octanol–water partition coefficient (Wildman–Crippen LogP) is 2.48. The molecule has 0 bridgehead atoms. The lowest BCUT2D eigenvalue weighted by Gasteiger charge is -2.23. The van der Waals surface area contributed by atoms with Gasteiger partial charge in [0, 0.05) is 23.7 Å². The SMILES string of the molecule is O=C(O)CCn1cc(C(C(=O)O)N2CCCC2)c2ccc(F)cc21. The quantitative estimate of drug-likeness (QED) is 0.848. The average Bonchev–Trinajstić information content (AvgIpc) is 3.14. The first kappa shape index (κ1) is 16.4. The van der Waals surface area contributed by atoms with E-state index in [4.69, 9.17) is 5.11 Å². The van der Waals surface area contributed by atoms with Crippen LogP contribution >= 0.6 is 0 Å². The van der Waals surface area contributed by atoms with Gasteiger partial charge in [-0.25, -0.2) is 4.39 Å². The third-order valence-electron chi connectivity index (χ3n) is 4.48. The third-order valence-corrected chi connectivity index (χ3v) is 4.48. The molecule has 1 fully saturated rings. The van der Waals surface area contributed by atoms with Gasteiger partial charge >= 0.3 is 11.9 Å². The second kappa shape index (κ2) is 6.60. The minimum Gasteiger partial charge on any atom is -0.481 e. The van der Waals surface area contributed by atoms with E-state index >= 15 is 0 Å². The molecular weight excluding hydrogens is 315 g/mol. The number of benzene rings is 1. The summed E-state index contributed by atoms with van der Waals surface area (Å²) in [7, 11) is 0. The number of hydrogen-bond donors (Lipinski definition) is 2. The van der Waals surface area contributed by atoms with Gasteiger partial charge in [-0.05, 0) is 44.1 Å². The molecule has 1 aliphatic heterocycles. The molecule has 2 N–H and O–H groups in total. The van der Waals surface area contributed by atoms with Crippen molar-refractivity contribution in [1.29, 1.82) is 0 Å². The Bertz CT molecular complexity index is 780. The molecule has 0 saturated carbocycles. The summed E-state index contributed by atoms with van der Waals surface area (Å²) in [6, 6.07) is 3.40. The fraction of sp³-hybridized carbons (Fsp3) is 0.412. The smallest absolute Gasteiger partial charge is 0.325 e. The van der Waals surface area contributed by atoms with E-state index in [-0.39, 0.29) is 13.0 Å². The fourth-order valence-corrected chi connectivity index (χ4v) is 3.40. The van der Waals surface area contributed by atoms with Crippen molar-refractivity contribution in [1.82, 2.24) is 9.47 Å².